The van der Waals surface area contributed by atoms with E-state index in [9.17, 15) is 10.2 Å². The summed E-state index contributed by atoms with van der Waals surface area (Å²) >= 11 is 0. The van der Waals surface area contributed by atoms with Gasteiger partial charge in [-0.1, -0.05) is 109 Å². The maximum absolute atomic E-state index is 12.0. The fourth-order valence-corrected chi connectivity index (χ4v) is 7.55. The Bertz CT molecular complexity index is 1790. The number of fused-ring (bicyclic) bond motifs is 6. The summed E-state index contributed by atoms with van der Waals surface area (Å²) in [4.78, 5) is 0. The molecule has 0 aromatic heterocycles. The first kappa shape index (κ1) is 22.4. The Morgan fingerprint density at radius 3 is 1.36 bits per heavy atom. The van der Waals surface area contributed by atoms with Gasteiger partial charge in [0.2, 0.25) is 0 Å². The number of phenols is 2. The van der Waals surface area contributed by atoms with Gasteiger partial charge in [0.05, 0.1) is 0 Å². The SMILES string of the molecule is Oc1c(-c2cccc3ccccc23)ccc2c1C1(CC2)CCc2ccc(-c3cccc4ccccc34)c(O)c21. The minimum absolute atomic E-state index is 0.365. The van der Waals surface area contributed by atoms with Crippen molar-refractivity contribution in [1.82, 2.24) is 0 Å². The van der Waals surface area contributed by atoms with E-state index < -0.39 is 0 Å². The summed E-state index contributed by atoms with van der Waals surface area (Å²) in [7, 11) is 0. The zero-order chi connectivity index (χ0) is 26.1. The molecule has 2 aliphatic carbocycles. The molecule has 8 rings (SSSR count). The van der Waals surface area contributed by atoms with Crippen molar-refractivity contribution in [3.63, 3.8) is 0 Å². The molecule has 1 spiro atoms. The highest BCUT2D eigenvalue weighted by Crippen LogP contribution is 2.60. The predicted molar refractivity (Wildman–Crippen MR) is 160 cm³/mol. The second kappa shape index (κ2) is 8.22. The molecule has 0 unspecified atom stereocenters. The predicted octanol–water partition coefficient (Wildman–Crippen LogP) is 8.92. The highest BCUT2D eigenvalue weighted by Gasteiger charge is 2.49. The van der Waals surface area contributed by atoms with E-state index in [0.29, 0.717) is 11.5 Å². The smallest absolute Gasteiger partial charge is 0.127 e. The zero-order valence-electron chi connectivity index (χ0n) is 21.6. The highest BCUT2D eigenvalue weighted by atomic mass is 16.3. The second-order valence-electron chi connectivity index (χ2n) is 11.1. The molecule has 0 atom stereocenters. The topological polar surface area (TPSA) is 40.5 Å². The third kappa shape index (κ3) is 3.09. The van der Waals surface area contributed by atoms with E-state index in [1.807, 2.05) is 0 Å². The fraction of sp³-hybridized carbons (Fsp3) is 0.135. The molecule has 6 aromatic rings. The molecular formula is C37H28O2. The van der Waals surface area contributed by atoms with Crippen molar-refractivity contribution in [2.75, 3.05) is 0 Å². The minimum atomic E-state index is -0.389. The van der Waals surface area contributed by atoms with Crippen molar-refractivity contribution in [2.45, 2.75) is 31.1 Å². The molecule has 0 amide bonds. The van der Waals surface area contributed by atoms with Gasteiger partial charge in [-0.3, -0.25) is 0 Å². The van der Waals surface area contributed by atoms with Gasteiger partial charge in [0.25, 0.3) is 0 Å². The Morgan fingerprint density at radius 2 is 0.872 bits per heavy atom. The Kier molecular flexibility index (Phi) is 4.73. The van der Waals surface area contributed by atoms with E-state index in [2.05, 4.69) is 109 Å². The van der Waals surface area contributed by atoms with Crippen molar-refractivity contribution >= 4 is 21.5 Å². The molecule has 0 heterocycles. The van der Waals surface area contributed by atoms with E-state index in [0.717, 1.165) is 80.6 Å². The summed E-state index contributed by atoms with van der Waals surface area (Å²) in [5, 5.41) is 28.6. The number of rotatable bonds is 2. The van der Waals surface area contributed by atoms with Crippen LogP contribution in [0.3, 0.4) is 0 Å². The summed E-state index contributed by atoms with van der Waals surface area (Å²) in [5.74, 6) is 0.730. The summed E-state index contributed by atoms with van der Waals surface area (Å²) in [6.07, 6.45) is 3.59. The standard InChI is InChI=1S/C37H28O2/c38-35-31(29-13-5-9-23-7-1-3-11-27(23)29)17-15-25-19-21-37(33(25)35)22-20-26-16-18-32(36(39)34(26)37)30-14-6-10-24-8-2-4-12-28(24)30/h1-18,38-39H,19-22H2. The molecule has 0 bridgehead atoms. The van der Waals surface area contributed by atoms with Crippen molar-refractivity contribution in [2.24, 2.45) is 0 Å². The lowest BCUT2D eigenvalue weighted by Crippen LogP contribution is -2.21. The molecule has 0 radical (unpaired) electrons. The molecule has 188 valence electrons. The van der Waals surface area contributed by atoms with E-state index >= 15 is 0 Å². The highest BCUT2D eigenvalue weighted by molar-refractivity contribution is 6.00. The average molecular weight is 505 g/mol. The first-order chi connectivity index (χ1) is 19.2. The maximum atomic E-state index is 12.0. The number of hydrogen-bond acceptors (Lipinski definition) is 2. The minimum Gasteiger partial charge on any atom is -0.507 e. The molecule has 6 aromatic carbocycles. The third-order valence-electron chi connectivity index (χ3n) is 9.29. The maximum Gasteiger partial charge on any atom is 0.127 e. The van der Waals surface area contributed by atoms with Crippen molar-refractivity contribution in [3.05, 3.63) is 131 Å². The van der Waals surface area contributed by atoms with Gasteiger partial charge >= 0.3 is 0 Å². The van der Waals surface area contributed by atoms with Gasteiger partial charge in [0, 0.05) is 27.7 Å². The van der Waals surface area contributed by atoms with Crippen LogP contribution in [0.1, 0.15) is 35.1 Å². The number of benzene rings is 6. The molecule has 2 N–H and O–H groups in total. The van der Waals surface area contributed by atoms with Crippen LogP contribution in [0.15, 0.2) is 109 Å². The van der Waals surface area contributed by atoms with Crippen molar-refractivity contribution in [1.29, 1.82) is 0 Å². The quantitative estimate of drug-likeness (QED) is 0.247. The molecule has 2 heteroatoms. The zero-order valence-corrected chi connectivity index (χ0v) is 21.6. The monoisotopic (exact) mass is 504 g/mol. The van der Waals surface area contributed by atoms with Crippen LogP contribution < -0.4 is 0 Å². The fourth-order valence-electron chi connectivity index (χ4n) is 7.55. The van der Waals surface area contributed by atoms with Crippen molar-refractivity contribution < 1.29 is 10.2 Å². The van der Waals surface area contributed by atoms with Crippen LogP contribution in [-0.2, 0) is 18.3 Å². The van der Waals surface area contributed by atoms with Crippen LogP contribution in [0.5, 0.6) is 11.5 Å². The number of aryl methyl sites for hydroxylation is 2. The number of aromatic hydroxyl groups is 2. The van der Waals surface area contributed by atoms with Gasteiger partial charge in [-0.2, -0.15) is 0 Å². The lowest BCUT2D eigenvalue weighted by molar-refractivity contribution is 0.418. The molecule has 0 saturated carbocycles. The van der Waals surface area contributed by atoms with Crippen molar-refractivity contribution in [3.8, 4) is 33.8 Å². The average Bonchev–Trinajstić information content (AvgIpc) is 3.55. The van der Waals surface area contributed by atoms with Gasteiger partial charge in [0.1, 0.15) is 11.5 Å². The Hall–Kier alpha value is -4.56. The summed E-state index contributed by atoms with van der Waals surface area (Å²) in [6.45, 7) is 0. The Morgan fingerprint density at radius 1 is 0.436 bits per heavy atom. The van der Waals surface area contributed by atoms with Gasteiger partial charge in [-0.15, -0.1) is 0 Å². The molecule has 0 aliphatic heterocycles. The summed E-state index contributed by atoms with van der Waals surface area (Å²) in [6, 6.07) is 37.8. The van der Waals surface area contributed by atoms with E-state index in [-0.39, 0.29) is 5.41 Å². The molecule has 39 heavy (non-hydrogen) atoms. The second-order valence-corrected chi connectivity index (χ2v) is 11.1. The first-order valence-corrected chi connectivity index (χ1v) is 13.8. The lowest BCUT2D eigenvalue weighted by Gasteiger charge is -2.29. The van der Waals surface area contributed by atoms with Crippen LogP contribution in [-0.4, -0.2) is 10.2 Å². The lowest BCUT2D eigenvalue weighted by atomic mass is 9.74. The Balaban J connectivity index is 1.35. The van der Waals surface area contributed by atoms with Crippen LogP contribution >= 0.6 is 0 Å². The normalized spacial score (nSPS) is 15.2. The summed E-state index contributed by atoms with van der Waals surface area (Å²) in [5.41, 5.74) is 7.84. The molecule has 2 aliphatic rings. The van der Waals surface area contributed by atoms with Gasteiger partial charge in [-0.05, 0) is 69.5 Å². The molecule has 0 saturated heterocycles. The van der Waals surface area contributed by atoms with E-state index in [4.69, 9.17) is 0 Å². The van der Waals surface area contributed by atoms with Gasteiger partial charge in [0.15, 0.2) is 0 Å². The number of phenolic OH excluding ortho intramolecular Hbond substituents is 2. The van der Waals surface area contributed by atoms with Crippen LogP contribution in [0.2, 0.25) is 0 Å². The van der Waals surface area contributed by atoms with Crippen LogP contribution in [0, 0.1) is 0 Å². The van der Waals surface area contributed by atoms with Gasteiger partial charge < -0.3 is 10.2 Å². The third-order valence-corrected chi connectivity index (χ3v) is 9.29. The van der Waals surface area contributed by atoms with Crippen LogP contribution in [0.25, 0.3) is 43.8 Å². The first-order valence-electron chi connectivity index (χ1n) is 13.8. The number of hydrogen-bond donors (Lipinski definition) is 2. The molecule has 2 nitrogen and oxygen atoms in total. The van der Waals surface area contributed by atoms with Gasteiger partial charge in [-0.25, -0.2) is 0 Å². The Labute approximate surface area is 227 Å². The molecular weight excluding hydrogens is 476 g/mol. The van der Waals surface area contributed by atoms with Crippen LogP contribution in [0.4, 0.5) is 0 Å². The molecule has 0 fully saturated rings. The van der Waals surface area contributed by atoms with E-state index in [1.54, 1.807) is 0 Å². The summed E-state index contributed by atoms with van der Waals surface area (Å²) < 4.78 is 0. The largest absolute Gasteiger partial charge is 0.507 e. The van der Waals surface area contributed by atoms with E-state index in [1.165, 1.54) is 11.1 Å².